The van der Waals surface area contributed by atoms with Gasteiger partial charge in [-0.05, 0) is 111 Å². The second-order valence-corrected chi connectivity index (χ2v) is 12.8. The van der Waals surface area contributed by atoms with Crippen LogP contribution in [0, 0.1) is 40.4 Å². The van der Waals surface area contributed by atoms with Crippen molar-refractivity contribution in [2.24, 2.45) is 40.4 Å². The molecule has 2 saturated heterocycles. The molecule has 0 bridgehead atoms. The average Bonchev–Trinajstić information content (AvgIpc) is 3.56. The van der Waals surface area contributed by atoms with E-state index in [-0.39, 0.29) is 17.1 Å². The van der Waals surface area contributed by atoms with E-state index in [4.69, 9.17) is 9.47 Å². The van der Waals surface area contributed by atoms with Gasteiger partial charge in [0.1, 0.15) is 6.10 Å². The summed E-state index contributed by atoms with van der Waals surface area (Å²) in [7, 11) is 0. The molecule has 4 aliphatic carbocycles. The second-order valence-electron chi connectivity index (χ2n) is 12.8. The summed E-state index contributed by atoms with van der Waals surface area (Å²) in [6.45, 7) is 12.1. The molecule has 3 heteroatoms. The van der Waals surface area contributed by atoms with Crippen molar-refractivity contribution in [2.75, 3.05) is 0 Å². The number of rotatable bonds is 4. The van der Waals surface area contributed by atoms with Gasteiger partial charge in [0.2, 0.25) is 0 Å². The molecule has 10 atom stereocenters. The molecule has 2 heterocycles. The highest BCUT2D eigenvalue weighted by Gasteiger charge is 2.69. The Balaban J connectivity index is 1.22. The van der Waals surface area contributed by atoms with E-state index in [0.717, 1.165) is 30.6 Å². The molecule has 0 aromatic rings. The lowest BCUT2D eigenvalue weighted by atomic mass is 9.46. The van der Waals surface area contributed by atoms with Crippen LogP contribution in [0.4, 0.5) is 0 Å². The largest absolute Gasteiger partial charge is 0.367 e. The average molecular weight is 413 g/mol. The number of carbonyl (C=O) groups excluding carboxylic acids is 1. The third-order valence-corrected chi connectivity index (χ3v) is 11.0. The van der Waals surface area contributed by atoms with Crippen LogP contribution in [-0.4, -0.2) is 29.7 Å². The van der Waals surface area contributed by atoms with E-state index in [2.05, 4.69) is 34.6 Å². The monoisotopic (exact) mass is 412 g/mol. The van der Waals surface area contributed by atoms with E-state index in [1.165, 1.54) is 44.1 Å². The Kier molecular flexibility index (Phi) is 4.14. The molecule has 0 aromatic carbocycles. The van der Waals surface area contributed by atoms with Crippen molar-refractivity contribution in [3.63, 3.8) is 0 Å². The van der Waals surface area contributed by atoms with Gasteiger partial charge in [0.15, 0.2) is 5.78 Å². The quantitative estimate of drug-likeness (QED) is 0.555. The van der Waals surface area contributed by atoms with E-state index >= 15 is 0 Å². The predicted octanol–water partition coefficient (Wildman–Crippen LogP) is 5.72. The van der Waals surface area contributed by atoms with Crippen molar-refractivity contribution in [2.45, 2.75) is 110 Å². The molecule has 0 aromatic heterocycles. The molecule has 0 N–H and O–H groups in total. The Bertz CT molecular complexity index is 798. The van der Waals surface area contributed by atoms with Crippen LogP contribution in [0.1, 0.15) is 86.0 Å². The lowest BCUT2D eigenvalue weighted by molar-refractivity contribution is -0.117. The fourth-order valence-corrected chi connectivity index (χ4v) is 9.14. The highest BCUT2D eigenvalue weighted by atomic mass is 16.6. The van der Waals surface area contributed by atoms with Crippen molar-refractivity contribution < 1.29 is 14.3 Å². The third-order valence-electron chi connectivity index (χ3n) is 11.0. The zero-order chi connectivity index (χ0) is 21.1. The zero-order valence-electron chi connectivity index (χ0n) is 19.6. The van der Waals surface area contributed by atoms with Gasteiger partial charge in [0.25, 0.3) is 0 Å². The maximum Gasteiger partial charge on any atom is 0.155 e. The van der Waals surface area contributed by atoms with Crippen molar-refractivity contribution in [3.8, 4) is 0 Å². The molecule has 5 unspecified atom stereocenters. The van der Waals surface area contributed by atoms with Crippen LogP contribution < -0.4 is 0 Å². The Morgan fingerprint density at radius 1 is 1.10 bits per heavy atom. The summed E-state index contributed by atoms with van der Waals surface area (Å²) >= 11 is 0. The van der Waals surface area contributed by atoms with Crippen LogP contribution >= 0.6 is 0 Å². The summed E-state index contributed by atoms with van der Waals surface area (Å²) in [4.78, 5) is 12.1. The first-order valence-corrected chi connectivity index (χ1v) is 12.7. The Morgan fingerprint density at radius 2 is 1.87 bits per heavy atom. The molecule has 6 aliphatic rings. The summed E-state index contributed by atoms with van der Waals surface area (Å²) in [5.74, 6) is 4.20. The maximum atomic E-state index is 12.1. The first-order valence-electron chi connectivity index (χ1n) is 12.7. The number of ketones is 1. The number of hydrogen-bond acceptors (Lipinski definition) is 3. The van der Waals surface area contributed by atoms with Crippen molar-refractivity contribution in [1.82, 2.24) is 0 Å². The van der Waals surface area contributed by atoms with Gasteiger partial charge in [-0.2, -0.15) is 0 Å². The molecule has 6 rings (SSSR count). The molecule has 0 radical (unpaired) electrons. The smallest absolute Gasteiger partial charge is 0.155 e. The molecule has 3 saturated carbocycles. The molecule has 30 heavy (non-hydrogen) atoms. The van der Waals surface area contributed by atoms with E-state index in [1.54, 1.807) is 0 Å². The highest BCUT2D eigenvalue weighted by Crippen LogP contribution is 2.71. The number of fused-ring (bicyclic) bond motifs is 8. The molecule has 3 nitrogen and oxygen atoms in total. The van der Waals surface area contributed by atoms with Gasteiger partial charge in [-0.25, -0.2) is 0 Å². The number of ether oxygens (including phenoxy) is 2. The molecule has 166 valence electrons. The maximum absolute atomic E-state index is 12.1. The van der Waals surface area contributed by atoms with Gasteiger partial charge in [-0.1, -0.05) is 20.8 Å². The first-order chi connectivity index (χ1) is 14.1. The summed E-state index contributed by atoms with van der Waals surface area (Å²) in [5.41, 5.74) is 2.17. The van der Waals surface area contributed by atoms with E-state index in [1.807, 2.05) is 6.08 Å². The highest BCUT2D eigenvalue weighted by molar-refractivity contribution is 5.92. The van der Waals surface area contributed by atoms with E-state index < -0.39 is 0 Å². The van der Waals surface area contributed by atoms with Crippen LogP contribution in [0.25, 0.3) is 0 Å². The normalized spacial score (nSPS) is 53.7. The fourth-order valence-electron chi connectivity index (χ4n) is 9.14. The van der Waals surface area contributed by atoms with Gasteiger partial charge in [0.05, 0.1) is 17.8 Å². The predicted molar refractivity (Wildman–Crippen MR) is 117 cm³/mol. The van der Waals surface area contributed by atoms with Crippen molar-refractivity contribution in [1.29, 1.82) is 0 Å². The number of carbonyl (C=O) groups is 1. The summed E-state index contributed by atoms with van der Waals surface area (Å²) < 4.78 is 12.2. The standard InChI is InChI=1S/C27H40O3/c1-15(6-9-21-25(2,3)30-21)17-7-8-18-22-19(11-13-26(17,18)4)27(5)12-10-16(28)14-20(27)23-24(22)29-23/h14-15,17-19,21-24H,6-13H2,1-5H3/t15-,17-,18+,19+,21?,22?,23?,24?,26-,27?/m1/s1. The van der Waals surface area contributed by atoms with Gasteiger partial charge >= 0.3 is 0 Å². The molecule has 0 amide bonds. The molecule has 5 fully saturated rings. The van der Waals surface area contributed by atoms with Gasteiger partial charge in [0, 0.05) is 6.42 Å². The minimum absolute atomic E-state index is 0.127. The van der Waals surface area contributed by atoms with Crippen molar-refractivity contribution in [3.05, 3.63) is 11.6 Å². The van der Waals surface area contributed by atoms with Crippen LogP contribution in [0.15, 0.2) is 11.6 Å². The van der Waals surface area contributed by atoms with Crippen LogP contribution in [0.5, 0.6) is 0 Å². The lowest BCUT2D eigenvalue weighted by Crippen LogP contribution is -2.53. The van der Waals surface area contributed by atoms with E-state index in [0.29, 0.717) is 35.2 Å². The topological polar surface area (TPSA) is 42.1 Å². The number of epoxide rings is 2. The minimum Gasteiger partial charge on any atom is -0.367 e. The van der Waals surface area contributed by atoms with Gasteiger partial charge in [-0.3, -0.25) is 4.79 Å². The number of hydrogen-bond donors (Lipinski definition) is 0. The minimum atomic E-state index is 0.127. The fraction of sp³-hybridized carbons (Fsp3) is 0.889. The van der Waals surface area contributed by atoms with Gasteiger partial charge < -0.3 is 9.47 Å². The van der Waals surface area contributed by atoms with E-state index in [9.17, 15) is 4.79 Å². The SMILES string of the molecule is C[C@H](CCC1OC1(C)C)[C@H]1CC[C@H]2C3C4OC4C4=CC(=O)CCC4(C)[C@H]3CC[C@]12C. The summed E-state index contributed by atoms with van der Waals surface area (Å²) in [6.07, 6.45) is 12.9. The lowest BCUT2D eigenvalue weighted by Gasteiger charge is -2.57. The Labute approximate surface area is 182 Å². The van der Waals surface area contributed by atoms with Crippen LogP contribution in [0.3, 0.4) is 0 Å². The molecule has 2 aliphatic heterocycles. The molecular weight excluding hydrogens is 372 g/mol. The second kappa shape index (κ2) is 6.22. The molecule has 0 spiro atoms. The Hall–Kier alpha value is -0.670. The summed E-state index contributed by atoms with van der Waals surface area (Å²) in [5, 5.41) is 0. The molecular formula is C27H40O3. The Morgan fingerprint density at radius 3 is 2.60 bits per heavy atom. The van der Waals surface area contributed by atoms with Crippen LogP contribution in [-0.2, 0) is 14.3 Å². The summed E-state index contributed by atoms with van der Waals surface area (Å²) in [6, 6.07) is 0. The van der Waals surface area contributed by atoms with Crippen molar-refractivity contribution >= 4 is 5.78 Å². The third kappa shape index (κ3) is 2.66. The zero-order valence-corrected chi connectivity index (χ0v) is 19.6. The van der Waals surface area contributed by atoms with Gasteiger partial charge in [-0.15, -0.1) is 0 Å². The van der Waals surface area contributed by atoms with Crippen LogP contribution in [0.2, 0.25) is 0 Å². The first kappa shape index (κ1) is 20.0.